The summed E-state index contributed by atoms with van der Waals surface area (Å²) in [7, 11) is 0. The lowest BCUT2D eigenvalue weighted by Gasteiger charge is -2.30. The number of hydrogen-bond acceptors (Lipinski definition) is 2. The zero-order valence-electron chi connectivity index (χ0n) is 11.2. The number of hydrogen-bond donors (Lipinski definition) is 1. The zero-order chi connectivity index (χ0) is 12.2. The van der Waals surface area contributed by atoms with Crippen LogP contribution >= 0.6 is 0 Å². The summed E-state index contributed by atoms with van der Waals surface area (Å²) < 4.78 is 0. The Bertz CT molecular complexity index is 233. The monoisotopic (exact) mass is 222 g/mol. The molecule has 92 valence electrons. The lowest BCUT2D eigenvalue weighted by atomic mass is 10.2. The molecule has 0 aliphatic carbocycles. The van der Waals surface area contributed by atoms with Crippen molar-refractivity contribution < 1.29 is 0 Å². The molecule has 0 amide bonds. The Morgan fingerprint density at radius 1 is 1.06 bits per heavy atom. The van der Waals surface area contributed by atoms with Crippen molar-refractivity contribution in [2.45, 2.75) is 27.7 Å². The molecule has 16 heavy (non-hydrogen) atoms. The number of rotatable bonds is 3. The first kappa shape index (κ1) is 15.0. The van der Waals surface area contributed by atoms with E-state index >= 15 is 0 Å². The lowest BCUT2D eigenvalue weighted by Crippen LogP contribution is -2.42. The first-order valence-electron chi connectivity index (χ1n) is 6.30. The van der Waals surface area contributed by atoms with Gasteiger partial charge in [-0.15, -0.1) is 0 Å². The Balaban J connectivity index is 0.00000106. The van der Waals surface area contributed by atoms with Gasteiger partial charge in [-0.2, -0.15) is 0 Å². The molecule has 2 heteroatoms. The Labute approximate surface area is 101 Å². The van der Waals surface area contributed by atoms with Gasteiger partial charge in [-0.1, -0.05) is 38.2 Å². The standard InChI is InChI=1S/C12H20N2.C2H6/c1-3-5-6-7-12(4-2)14-10-8-13-9-11-14;1-2/h3-7,13H,8-11H2,1-2H3;1-2H3/b5-3-,7-6-,12-4+;. The van der Waals surface area contributed by atoms with Crippen molar-refractivity contribution in [1.29, 1.82) is 0 Å². The van der Waals surface area contributed by atoms with E-state index in [1.54, 1.807) is 0 Å². The summed E-state index contributed by atoms with van der Waals surface area (Å²) in [5.74, 6) is 0. The smallest absolute Gasteiger partial charge is 0.0323 e. The lowest BCUT2D eigenvalue weighted by molar-refractivity contribution is 0.307. The van der Waals surface area contributed by atoms with Crippen LogP contribution in [0.1, 0.15) is 27.7 Å². The van der Waals surface area contributed by atoms with Gasteiger partial charge in [0, 0.05) is 31.9 Å². The molecule has 0 radical (unpaired) electrons. The maximum atomic E-state index is 3.35. The topological polar surface area (TPSA) is 15.3 Å². The molecule has 1 rings (SSSR count). The van der Waals surface area contributed by atoms with Gasteiger partial charge in [-0.05, 0) is 19.9 Å². The van der Waals surface area contributed by atoms with Crippen LogP contribution in [0.2, 0.25) is 0 Å². The molecule has 0 aromatic carbocycles. The summed E-state index contributed by atoms with van der Waals surface area (Å²) in [5.41, 5.74) is 1.32. The fourth-order valence-corrected chi connectivity index (χ4v) is 1.57. The minimum atomic E-state index is 1.09. The van der Waals surface area contributed by atoms with Gasteiger partial charge >= 0.3 is 0 Å². The Morgan fingerprint density at radius 3 is 2.19 bits per heavy atom. The van der Waals surface area contributed by atoms with Crippen molar-refractivity contribution in [3.05, 3.63) is 36.1 Å². The van der Waals surface area contributed by atoms with Gasteiger partial charge in [0.05, 0.1) is 0 Å². The molecular formula is C14H26N2. The van der Waals surface area contributed by atoms with E-state index in [0.717, 1.165) is 26.2 Å². The quantitative estimate of drug-likeness (QED) is 0.739. The van der Waals surface area contributed by atoms with E-state index in [0.29, 0.717) is 0 Å². The largest absolute Gasteiger partial charge is 0.369 e. The first-order valence-corrected chi connectivity index (χ1v) is 6.30. The van der Waals surface area contributed by atoms with Crippen LogP contribution in [-0.4, -0.2) is 31.1 Å². The molecule has 1 heterocycles. The molecule has 0 unspecified atom stereocenters. The van der Waals surface area contributed by atoms with Crippen LogP contribution in [-0.2, 0) is 0 Å². The van der Waals surface area contributed by atoms with Gasteiger partial charge in [-0.3, -0.25) is 0 Å². The first-order chi connectivity index (χ1) is 7.88. The number of nitrogens with one attached hydrogen (secondary N) is 1. The summed E-state index contributed by atoms with van der Waals surface area (Å²) in [6.07, 6.45) is 10.5. The highest BCUT2D eigenvalue weighted by molar-refractivity contribution is 5.21. The summed E-state index contributed by atoms with van der Waals surface area (Å²) in [6.45, 7) is 12.5. The fourth-order valence-electron chi connectivity index (χ4n) is 1.57. The van der Waals surface area contributed by atoms with Crippen LogP contribution in [0.15, 0.2) is 36.1 Å². The van der Waals surface area contributed by atoms with Gasteiger partial charge in [0.1, 0.15) is 0 Å². The van der Waals surface area contributed by atoms with Crippen LogP contribution in [0.25, 0.3) is 0 Å². The van der Waals surface area contributed by atoms with E-state index in [2.05, 4.69) is 41.4 Å². The van der Waals surface area contributed by atoms with Crippen molar-refractivity contribution in [3.63, 3.8) is 0 Å². The van der Waals surface area contributed by atoms with Gasteiger partial charge in [-0.25, -0.2) is 0 Å². The Hall–Kier alpha value is -1.02. The van der Waals surface area contributed by atoms with Crippen LogP contribution in [0, 0.1) is 0 Å². The van der Waals surface area contributed by atoms with Crippen LogP contribution in [0.4, 0.5) is 0 Å². The molecule has 0 atom stereocenters. The molecule has 1 aliphatic heterocycles. The fraction of sp³-hybridized carbons (Fsp3) is 0.571. The van der Waals surface area contributed by atoms with Crippen LogP contribution in [0.3, 0.4) is 0 Å². The molecule has 0 bridgehead atoms. The van der Waals surface area contributed by atoms with E-state index in [9.17, 15) is 0 Å². The third kappa shape index (κ3) is 5.76. The number of piperazine rings is 1. The predicted octanol–water partition coefficient (Wildman–Crippen LogP) is 2.95. The minimum Gasteiger partial charge on any atom is -0.369 e. The zero-order valence-corrected chi connectivity index (χ0v) is 11.2. The second kappa shape index (κ2) is 10.5. The summed E-state index contributed by atoms with van der Waals surface area (Å²) in [6, 6.07) is 0. The molecule has 0 spiro atoms. The highest BCUT2D eigenvalue weighted by atomic mass is 15.2. The normalized spacial score (nSPS) is 17.8. The molecule has 2 nitrogen and oxygen atoms in total. The van der Waals surface area contributed by atoms with Crippen molar-refractivity contribution in [2.75, 3.05) is 26.2 Å². The Morgan fingerprint density at radius 2 is 1.69 bits per heavy atom. The maximum absolute atomic E-state index is 3.35. The van der Waals surface area contributed by atoms with E-state index in [-0.39, 0.29) is 0 Å². The van der Waals surface area contributed by atoms with Gasteiger partial charge in [0.15, 0.2) is 0 Å². The third-order valence-electron chi connectivity index (χ3n) is 2.35. The number of allylic oxidation sites excluding steroid dienone is 5. The van der Waals surface area contributed by atoms with Crippen molar-refractivity contribution in [1.82, 2.24) is 10.2 Å². The Kier molecular flexibility index (Phi) is 9.83. The molecule has 0 saturated carbocycles. The van der Waals surface area contributed by atoms with E-state index in [1.807, 2.05) is 26.8 Å². The predicted molar refractivity (Wildman–Crippen MR) is 73.5 cm³/mol. The SMILES string of the molecule is CC.C\C=C/C=C\C(=C/C)N1CCNCC1. The van der Waals surface area contributed by atoms with E-state index < -0.39 is 0 Å². The molecule has 0 aromatic rings. The molecular weight excluding hydrogens is 196 g/mol. The van der Waals surface area contributed by atoms with Crippen molar-refractivity contribution >= 4 is 0 Å². The third-order valence-corrected chi connectivity index (χ3v) is 2.35. The van der Waals surface area contributed by atoms with Crippen LogP contribution < -0.4 is 5.32 Å². The van der Waals surface area contributed by atoms with Gasteiger partial charge in [0.25, 0.3) is 0 Å². The summed E-state index contributed by atoms with van der Waals surface area (Å²) in [4.78, 5) is 2.41. The molecule has 0 aromatic heterocycles. The van der Waals surface area contributed by atoms with E-state index in [1.165, 1.54) is 5.70 Å². The van der Waals surface area contributed by atoms with Crippen LogP contribution in [0.5, 0.6) is 0 Å². The van der Waals surface area contributed by atoms with E-state index in [4.69, 9.17) is 0 Å². The molecule has 1 saturated heterocycles. The summed E-state index contributed by atoms with van der Waals surface area (Å²) >= 11 is 0. The van der Waals surface area contributed by atoms with Crippen molar-refractivity contribution in [3.8, 4) is 0 Å². The molecule has 1 fully saturated rings. The highest BCUT2D eigenvalue weighted by Gasteiger charge is 2.09. The highest BCUT2D eigenvalue weighted by Crippen LogP contribution is 2.07. The second-order valence-corrected chi connectivity index (χ2v) is 3.34. The summed E-state index contributed by atoms with van der Waals surface area (Å²) in [5, 5.41) is 3.35. The number of nitrogens with zero attached hydrogens (tertiary/aromatic N) is 1. The average molecular weight is 222 g/mol. The average Bonchev–Trinajstić information content (AvgIpc) is 2.38. The minimum absolute atomic E-state index is 1.09. The second-order valence-electron chi connectivity index (χ2n) is 3.34. The maximum Gasteiger partial charge on any atom is 0.0323 e. The molecule has 1 N–H and O–H groups in total. The van der Waals surface area contributed by atoms with Gasteiger partial charge in [0.2, 0.25) is 0 Å². The molecule has 1 aliphatic rings. The van der Waals surface area contributed by atoms with Gasteiger partial charge < -0.3 is 10.2 Å². The van der Waals surface area contributed by atoms with Crippen molar-refractivity contribution in [2.24, 2.45) is 0 Å².